The van der Waals surface area contributed by atoms with Gasteiger partial charge in [-0.15, -0.1) is 0 Å². The van der Waals surface area contributed by atoms with Crippen LogP contribution >= 0.6 is 12.2 Å². The standard InChI is InChI=1S/C9H14N4S/c1-6-3-7(2)11-4-8(6)5-12-9(14)13-10/h3-4H,5,10H2,1-2H3,(H2,12,13,14). The number of hydrazine groups is 1. The van der Waals surface area contributed by atoms with Gasteiger partial charge in [-0.1, -0.05) is 0 Å². The van der Waals surface area contributed by atoms with Crippen LogP contribution in [0.4, 0.5) is 0 Å². The number of nitrogens with one attached hydrogen (secondary N) is 2. The minimum Gasteiger partial charge on any atom is -0.358 e. The van der Waals surface area contributed by atoms with Gasteiger partial charge in [-0.3, -0.25) is 4.98 Å². The second kappa shape index (κ2) is 4.88. The molecule has 14 heavy (non-hydrogen) atoms. The van der Waals surface area contributed by atoms with Gasteiger partial charge < -0.3 is 10.7 Å². The lowest BCUT2D eigenvalue weighted by molar-refractivity contribution is 0.853. The van der Waals surface area contributed by atoms with Gasteiger partial charge in [0.1, 0.15) is 0 Å². The summed E-state index contributed by atoms with van der Waals surface area (Å²) >= 11 is 4.86. The van der Waals surface area contributed by atoms with Gasteiger partial charge in [-0.25, -0.2) is 5.84 Å². The first-order valence-corrected chi connectivity index (χ1v) is 4.71. The number of aromatic nitrogens is 1. The Kier molecular flexibility index (Phi) is 3.79. The van der Waals surface area contributed by atoms with Crippen LogP contribution in [0.3, 0.4) is 0 Å². The first-order valence-electron chi connectivity index (χ1n) is 4.30. The SMILES string of the molecule is Cc1cc(C)c(CNC(=S)NN)cn1. The zero-order valence-electron chi connectivity index (χ0n) is 8.29. The molecule has 5 heteroatoms. The van der Waals surface area contributed by atoms with Crippen molar-refractivity contribution in [2.45, 2.75) is 20.4 Å². The molecule has 0 fully saturated rings. The lowest BCUT2D eigenvalue weighted by Gasteiger charge is -2.09. The average Bonchev–Trinajstić information content (AvgIpc) is 2.16. The molecular formula is C9H14N4S. The summed E-state index contributed by atoms with van der Waals surface area (Å²) < 4.78 is 0. The van der Waals surface area contributed by atoms with Crippen LogP contribution in [0.1, 0.15) is 16.8 Å². The fraction of sp³-hybridized carbons (Fsp3) is 0.333. The Labute approximate surface area is 88.9 Å². The third-order valence-corrected chi connectivity index (χ3v) is 2.19. The van der Waals surface area contributed by atoms with E-state index in [2.05, 4.69) is 15.7 Å². The highest BCUT2D eigenvalue weighted by molar-refractivity contribution is 7.80. The molecule has 4 nitrogen and oxygen atoms in total. The molecule has 0 atom stereocenters. The quantitative estimate of drug-likeness (QED) is 0.378. The third-order valence-electron chi connectivity index (χ3n) is 1.93. The van der Waals surface area contributed by atoms with Crippen molar-refractivity contribution in [3.8, 4) is 0 Å². The summed E-state index contributed by atoms with van der Waals surface area (Å²) in [7, 11) is 0. The molecule has 0 aliphatic rings. The Hall–Kier alpha value is -1.20. The molecule has 0 spiro atoms. The number of pyridine rings is 1. The van der Waals surface area contributed by atoms with E-state index in [0.29, 0.717) is 11.7 Å². The largest absolute Gasteiger partial charge is 0.358 e. The summed E-state index contributed by atoms with van der Waals surface area (Å²) in [6, 6.07) is 2.04. The van der Waals surface area contributed by atoms with Crippen molar-refractivity contribution in [3.63, 3.8) is 0 Å². The van der Waals surface area contributed by atoms with E-state index in [1.54, 1.807) is 0 Å². The molecule has 76 valence electrons. The Morgan fingerprint density at radius 2 is 2.29 bits per heavy atom. The Bertz CT molecular complexity index is 338. The Morgan fingerprint density at radius 1 is 1.57 bits per heavy atom. The molecule has 1 rings (SSSR count). The van der Waals surface area contributed by atoms with Crippen molar-refractivity contribution in [1.29, 1.82) is 0 Å². The van der Waals surface area contributed by atoms with Gasteiger partial charge in [0.2, 0.25) is 0 Å². The first-order chi connectivity index (χ1) is 6.63. The van der Waals surface area contributed by atoms with Gasteiger partial charge in [-0.05, 0) is 43.3 Å². The van der Waals surface area contributed by atoms with Crippen molar-refractivity contribution in [2.24, 2.45) is 5.84 Å². The molecule has 0 amide bonds. The van der Waals surface area contributed by atoms with Crippen molar-refractivity contribution < 1.29 is 0 Å². The first kappa shape index (κ1) is 10.9. The van der Waals surface area contributed by atoms with Crippen LogP contribution in [0.2, 0.25) is 0 Å². The van der Waals surface area contributed by atoms with Gasteiger partial charge >= 0.3 is 0 Å². The topological polar surface area (TPSA) is 63.0 Å². The smallest absolute Gasteiger partial charge is 0.180 e. The lowest BCUT2D eigenvalue weighted by Crippen LogP contribution is -2.39. The second-order valence-electron chi connectivity index (χ2n) is 3.08. The van der Waals surface area contributed by atoms with E-state index in [1.165, 1.54) is 5.56 Å². The number of thiocarbonyl (C=S) groups is 1. The molecule has 0 radical (unpaired) electrons. The van der Waals surface area contributed by atoms with Crippen molar-refractivity contribution in [2.75, 3.05) is 0 Å². The molecule has 4 N–H and O–H groups in total. The summed E-state index contributed by atoms with van der Waals surface area (Å²) in [5, 5.41) is 3.40. The molecule has 0 unspecified atom stereocenters. The van der Waals surface area contributed by atoms with E-state index in [4.69, 9.17) is 18.1 Å². The number of aryl methyl sites for hydroxylation is 2. The van der Waals surface area contributed by atoms with E-state index in [9.17, 15) is 0 Å². The van der Waals surface area contributed by atoms with Crippen LogP contribution < -0.4 is 16.6 Å². The summed E-state index contributed by atoms with van der Waals surface area (Å²) in [4.78, 5) is 4.21. The monoisotopic (exact) mass is 210 g/mol. The van der Waals surface area contributed by atoms with Crippen LogP contribution in [0.5, 0.6) is 0 Å². The Balaban J connectivity index is 2.63. The minimum absolute atomic E-state index is 0.435. The average molecular weight is 210 g/mol. The maximum Gasteiger partial charge on any atom is 0.180 e. The number of hydrogen-bond acceptors (Lipinski definition) is 3. The highest BCUT2D eigenvalue weighted by Crippen LogP contribution is 2.06. The van der Waals surface area contributed by atoms with Crippen LogP contribution in [-0.2, 0) is 6.54 Å². The fourth-order valence-electron chi connectivity index (χ4n) is 1.14. The number of nitrogens with two attached hydrogens (primary N) is 1. The van der Waals surface area contributed by atoms with Crippen LogP contribution in [0, 0.1) is 13.8 Å². The van der Waals surface area contributed by atoms with E-state index in [1.807, 2.05) is 26.1 Å². The van der Waals surface area contributed by atoms with Crippen LogP contribution in [0.15, 0.2) is 12.3 Å². The molecule has 0 aliphatic carbocycles. The maximum atomic E-state index is 5.13. The van der Waals surface area contributed by atoms with E-state index >= 15 is 0 Å². The molecule has 0 aromatic carbocycles. The predicted molar refractivity (Wildman–Crippen MR) is 60.5 cm³/mol. The molecule has 0 saturated heterocycles. The van der Waals surface area contributed by atoms with Gasteiger partial charge in [0.25, 0.3) is 0 Å². The lowest BCUT2D eigenvalue weighted by atomic mass is 10.1. The molecule has 0 bridgehead atoms. The van der Waals surface area contributed by atoms with Crippen molar-refractivity contribution in [1.82, 2.24) is 15.7 Å². The van der Waals surface area contributed by atoms with Gasteiger partial charge in [0, 0.05) is 18.4 Å². The Morgan fingerprint density at radius 3 is 2.86 bits per heavy atom. The van der Waals surface area contributed by atoms with Gasteiger partial charge in [0.05, 0.1) is 0 Å². The predicted octanol–water partition coefficient (Wildman–Crippen LogP) is 0.536. The molecule has 1 heterocycles. The molecule has 1 aromatic rings. The van der Waals surface area contributed by atoms with Crippen molar-refractivity contribution >= 4 is 17.3 Å². The fourth-order valence-corrected chi connectivity index (χ4v) is 1.21. The number of hydrogen-bond donors (Lipinski definition) is 3. The molecule has 0 saturated carbocycles. The zero-order valence-corrected chi connectivity index (χ0v) is 9.11. The zero-order chi connectivity index (χ0) is 10.6. The molecular weight excluding hydrogens is 196 g/mol. The normalized spacial score (nSPS) is 9.64. The molecule has 0 aliphatic heterocycles. The van der Waals surface area contributed by atoms with E-state index in [0.717, 1.165) is 11.3 Å². The summed E-state index contributed by atoms with van der Waals surface area (Å²) in [5.74, 6) is 5.13. The summed E-state index contributed by atoms with van der Waals surface area (Å²) in [6.45, 7) is 4.66. The highest BCUT2D eigenvalue weighted by Gasteiger charge is 1.99. The second-order valence-corrected chi connectivity index (χ2v) is 3.49. The van der Waals surface area contributed by atoms with E-state index < -0.39 is 0 Å². The highest BCUT2D eigenvalue weighted by atomic mass is 32.1. The number of nitrogens with zero attached hydrogens (tertiary/aromatic N) is 1. The number of rotatable bonds is 2. The van der Waals surface area contributed by atoms with Crippen molar-refractivity contribution in [3.05, 3.63) is 29.1 Å². The van der Waals surface area contributed by atoms with Crippen LogP contribution in [-0.4, -0.2) is 10.1 Å². The van der Waals surface area contributed by atoms with E-state index in [-0.39, 0.29) is 0 Å². The minimum atomic E-state index is 0.435. The maximum absolute atomic E-state index is 5.13. The van der Waals surface area contributed by atoms with Gasteiger partial charge in [-0.2, -0.15) is 0 Å². The van der Waals surface area contributed by atoms with Gasteiger partial charge in [0.15, 0.2) is 5.11 Å². The summed E-state index contributed by atoms with van der Waals surface area (Å²) in [6.07, 6.45) is 1.84. The summed E-state index contributed by atoms with van der Waals surface area (Å²) in [5.41, 5.74) is 5.70. The third kappa shape index (κ3) is 2.93. The van der Waals surface area contributed by atoms with Crippen LogP contribution in [0.25, 0.3) is 0 Å². The molecule has 1 aromatic heterocycles.